The van der Waals surface area contributed by atoms with Crippen molar-refractivity contribution in [3.8, 4) is 5.75 Å². The zero-order valence-electron chi connectivity index (χ0n) is 11.2. The molecule has 1 aromatic rings. The number of hydrogen-bond donors (Lipinski definition) is 1. The number of amides is 1. The highest BCUT2D eigenvalue weighted by Gasteiger charge is 2.04. The molecular weight excluding hydrogens is 228 g/mol. The van der Waals surface area contributed by atoms with Crippen molar-refractivity contribution in [1.29, 1.82) is 0 Å². The van der Waals surface area contributed by atoms with Crippen LogP contribution in [0, 0.1) is 0 Å². The zero-order chi connectivity index (χ0) is 13.4. The van der Waals surface area contributed by atoms with Crippen molar-refractivity contribution in [3.63, 3.8) is 0 Å². The van der Waals surface area contributed by atoms with Gasteiger partial charge < -0.3 is 4.74 Å². The first-order chi connectivity index (χ1) is 8.67. The summed E-state index contributed by atoms with van der Waals surface area (Å²) in [6.07, 6.45) is 1.91. The Morgan fingerprint density at radius 1 is 1.28 bits per heavy atom. The van der Waals surface area contributed by atoms with Crippen molar-refractivity contribution in [2.45, 2.75) is 33.6 Å². The molecule has 0 saturated carbocycles. The lowest BCUT2D eigenvalue weighted by Crippen LogP contribution is -2.18. The van der Waals surface area contributed by atoms with Crippen molar-refractivity contribution in [3.05, 3.63) is 29.8 Å². The Balaban J connectivity index is 2.59. The number of ether oxygens (including phenoxy) is 1. The van der Waals surface area contributed by atoms with Gasteiger partial charge in [0.15, 0.2) is 0 Å². The first-order valence-electron chi connectivity index (χ1n) is 6.23. The summed E-state index contributed by atoms with van der Waals surface area (Å²) in [5.41, 5.74) is 4.05. The first kappa shape index (κ1) is 14.2. The molecule has 0 unspecified atom stereocenters. The highest BCUT2D eigenvalue weighted by Crippen LogP contribution is 2.11. The van der Waals surface area contributed by atoms with E-state index in [-0.39, 0.29) is 5.91 Å². The maximum absolute atomic E-state index is 11.8. The Bertz CT molecular complexity index is 410. The summed E-state index contributed by atoms with van der Waals surface area (Å²) in [6, 6.07) is 7.01. The summed E-state index contributed by atoms with van der Waals surface area (Å²) in [7, 11) is 0. The van der Waals surface area contributed by atoms with Crippen LogP contribution in [0.2, 0.25) is 0 Å². The molecule has 1 amide bonds. The summed E-state index contributed by atoms with van der Waals surface area (Å²) in [6.45, 7) is 6.52. The molecule has 0 saturated heterocycles. The van der Waals surface area contributed by atoms with Gasteiger partial charge in [0.1, 0.15) is 5.75 Å². The fourth-order valence-corrected chi connectivity index (χ4v) is 1.50. The summed E-state index contributed by atoms with van der Waals surface area (Å²) in [4.78, 5) is 11.8. The van der Waals surface area contributed by atoms with E-state index in [1.165, 1.54) is 0 Å². The molecule has 0 aliphatic rings. The maximum Gasteiger partial charge on any atom is 0.271 e. The van der Waals surface area contributed by atoms with Gasteiger partial charge in [-0.1, -0.05) is 13.3 Å². The first-order valence-corrected chi connectivity index (χ1v) is 6.23. The molecule has 18 heavy (non-hydrogen) atoms. The maximum atomic E-state index is 11.8. The summed E-state index contributed by atoms with van der Waals surface area (Å²) < 4.78 is 5.31. The number of carbonyl (C=O) groups is 1. The van der Waals surface area contributed by atoms with Crippen LogP contribution < -0.4 is 10.2 Å². The van der Waals surface area contributed by atoms with E-state index in [4.69, 9.17) is 4.74 Å². The third kappa shape index (κ3) is 4.57. The van der Waals surface area contributed by atoms with Crippen molar-refractivity contribution in [2.75, 3.05) is 6.61 Å². The highest BCUT2D eigenvalue weighted by molar-refractivity contribution is 5.95. The van der Waals surface area contributed by atoms with Gasteiger partial charge in [0.25, 0.3) is 5.91 Å². The van der Waals surface area contributed by atoms with E-state index < -0.39 is 0 Å². The SMILES string of the molecule is CCC/C(C)=N/NC(=O)c1ccc(OCC)cc1. The number of hydrogen-bond acceptors (Lipinski definition) is 3. The van der Waals surface area contributed by atoms with Gasteiger partial charge in [0, 0.05) is 11.3 Å². The van der Waals surface area contributed by atoms with Crippen LogP contribution in [0.15, 0.2) is 29.4 Å². The van der Waals surface area contributed by atoms with Crippen molar-refractivity contribution >= 4 is 11.6 Å². The van der Waals surface area contributed by atoms with Gasteiger partial charge in [-0.05, 0) is 44.5 Å². The number of rotatable bonds is 6. The van der Waals surface area contributed by atoms with Gasteiger partial charge in [-0.15, -0.1) is 0 Å². The monoisotopic (exact) mass is 248 g/mol. The summed E-state index contributed by atoms with van der Waals surface area (Å²) in [5.74, 6) is 0.563. The molecule has 0 heterocycles. The third-order valence-electron chi connectivity index (χ3n) is 2.39. The van der Waals surface area contributed by atoms with Crippen LogP contribution in [0.5, 0.6) is 5.75 Å². The van der Waals surface area contributed by atoms with E-state index >= 15 is 0 Å². The molecule has 1 aromatic carbocycles. The molecule has 1 N–H and O–H groups in total. The predicted molar refractivity (Wildman–Crippen MR) is 73.1 cm³/mol. The average Bonchev–Trinajstić information content (AvgIpc) is 2.37. The fourth-order valence-electron chi connectivity index (χ4n) is 1.50. The standard InChI is InChI=1S/C14H20N2O2/c1-4-6-11(3)15-16-14(17)12-7-9-13(10-8-12)18-5-2/h7-10H,4-6H2,1-3H3,(H,16,17)/b15-11+. The van der Waals surface area contributed by atoms with Crippen LogP contribution in [0.3, 0.4) is 0 Å². The topological polar surface area (TPSA) is 50.7 Å². The number of hydrazone groups is 1. The molecule has 0 fully saturated rings. The predicted octanol–water partition coefficient (Wildman–Crippen LogP) is 2.99. The molecule has 1 rings (SSSR count). The number of carbonyl (C=O) groups excluding carboxylic acids is 1. The second-order valence-electron chi connectivity index (χ2n) is 4.00. The Hall–Kier alpha value is -1.84. The quantitative estimate of drug-likeness (QED) is 0.621. The molecule has 4 nitrogen and oxygen atoms in total. The van der Waals surface area contributed by atoms with Crippen molar-refractivity contribution in [2.24, 2.45) is 5.10 Å². The lowest BCUT2D eigenvalue weighted by Gasteiger charge is -2.04. The minimum Gasteiger partial charge on any atom is -0.494 e. The number of benzene rings is 1. The Labute approximate surface area is 108 Å². The second kappa shape index (κ2) is 7.48. The highest BCUT2D eigenvalue weighted by atomic mass is 16.5. The Morgan fingerprint density at radius 3 is 2.50 bits per heavy atom. The minimum absolute atomic E-state index is 0.200. The number of nitrogens with zero attached hydrogens (tertiary/aromatic N) is 1. The van der Waals surface area contributed by atoms with E-state index in [9.17, 15) is 4.79 Å². The van der Waals surface area contributed by atoms with Crippen LogP contribution in [0.1, 0.15) is 44.0 Å². The number of nitrogens with one attached hydrogen (secondary N) is 1. The lowest BCUT2D eigenvalue weighted by atomic mass is 10.2. The van der Waals surface area contributed by atoms with E-state index in [1.807, 2.05) is 13.8 Å². The fraction of sp³-hybridized carbons (Fsp3) is 0.429. The van der Waals surface area contributed by atoms with Crippen molar-refractivity contribution in [1.82, 2.24) is 5.43 Å². The molecule has 0 radical (unpaired) electrons. The van der Waals surface area contributed by atoms with Crippen LogP contribution in [-0.4, -0.2) is 18.2 Å². The van der Waals surface area contributed by atoms with Gasteiger partial charge >= 0.3 is 0 Å². The smallest absolute Gasteiger partial charge is 0.271 e. The largest absolute Gasteiger partial charge is 0.494 e. The molecule has 0 bridgehead atoms. The van der Waals surface area contributed by atoms with Gasteiger partial charge in [-0.2, -0.15) is 5.10 Å². The molecule has 0 aliphatic carbocycles. The third-order valence-corrected chi connectivity index (χ3v) is 2.39. The molecule has 0 spiro atoms. The average molecular weight is 248 g/mol. The van der Waals surface area contributed by atoms with E-state index in [0.29, 0.717) is 12.2 Å². The minimum atomic E-state index is -0.200. The second-order valence-corrected chi connectivity index (χ2v) is 4.00. The molecule has 0 atom stereocenters. The molecule has 4 heteroatoms. The van der Waals surface area contributed by atoms with Gasteiger partial charge in [-0.25, -0.2) is 5.43 Å². The molecule has 0 aromatic heterocycles. The van der Waals surface area contributed by atoms with Gasteiger partial charge in [0.2, 0.25) is 0 Å². The molecular formula is C14H20N2O2. The van der Waals surface area contributed by atoms with Crippen LogP contribution in [0.4, 0.5) is 0 Å². The van der Waals surface area contributed by atoms with E-state index in [1.54, 1.807) is 24.3 Å². The van der Waals surface area contributed by atoms with Crippen LogP contribution >= 0.6 is 0 Å². The molecule has 0 aliphatic heterocycles. The molecule has 98 valence electrons. The zero-order valence-corrected chi connectivity index (χ0v) is 11.2. The summed E-state index contributed by atoms with van der Waals surface area (Å²) in [5, 5.41) is 4.03. The Morgan fingerprint density at radius 2 is 1.94 bits per heavy atom. The van der Waals surface area contributed by atoms with Gasteiger partial charge in [0.05, 0.1) is 6.61 Å². The summed E-state index contributed by atoms with van der Waals surface area (Å²) >= 11 is 0. The van der Waals surface area contributed by atoms with E-state index in [2.05, 4.69) is 17.5 Å². The van der Waals surface area contributed by atoms with Crippen LogP contribution in [-0.2, 0) is 0 Å². The van der Waals surface area contributed by atoms with Crippen LogP contribution in [0.25, 0.3) is 0 Å². The van der Waals surface area contributed by atoms with Gasteiger partial charge in [-0.3, -0.25) is 4.79 Å². The Kier molecular flexibility index (Phi) is 5.91. The lowest BCUT2D eigenvalue weighted by molar-refractivity contribution is 0.0954. The van der Waals surface area contributed by atoms with E-state index in [0.717, 1.165) is 24.3 Å². The normalized spacial score (nSPS) is 11.2. The van der Waals surface area contributed by atoms with Crippen molar-refractivity contribution < 1.29 is 9.53 Å².